The molecule has 38 heavy (non-hydrogen) atoms. The number of rotatable bonds is 4. The van der Waals surface area contributed by atoms with Gasteiger partial charge in [-0.05, 0) is 79.0 Å². The molecule has 0 saturated carbocycles. The molecule has 6 rings (SSSR count). The highest BCUT2D eigenvalue weighted by atomic mass is 32.2. The van der Waals surface area contributed by atoms with Crippen LogP contribution in [0.4, 0.5) is 11.4 Å². The number of aliphatic imine (C=N–C) groups is 1. The van der Waals surface area contributed by atoms with Crippen molar-refractivity contribution in [1.82, 2.24) is 9.47 Å². The van der Waals surface area contributed by atoms with E-state index in [9.17, 15) is 4.79 Å². The van der Waals surface area contributed by atoms with E-state index in [2.05, 4.69) is 84.0 Å². The third-order valence-corrected chi connectivity index (χ3v) is 8.28. The Morgan fingerprint density at radius 1 is 0.947 bits per heavy atom. The molecule has 7 heteroatoms. The fourth-order valence-corrected chi connectivity index (χ4v) is 6.15. The van der Waals surface area contributed by atoms with Gasteiger partial charge in [0.25, 0.3) is 5.91 Å². The molecule has 2 saturated heterocycles. The van der Waals surface area contributed by atoms with Crippen molar-refractivity contribution in [3.05, 3.63) is 94.7 Å². The van der Waals surface area contributed by atoms with E-state index < -0.39 is 0 Å². The van der Waals surface area contributed by atoms with E-state index in [4.69, 9.17) is 9.73 Å². The van der Waals surface area contributed by atoms with E-state index in [1.807, 2.05) is 18.2 Å². The largest absolute Gasteiger partial charge is 0.378 e. The number of amidine groups is 1. The number of carbonyl (C=O) groups excluding carboxylic acids is 1. The molecule has 0 bridgehead atoms. The first-order valence-electron chi connectivity index (χ1n) is 12.9. The van der Waals surface area contributed by atoms with E-state index in [0.717, 1.165) is 54.6 Å². The van der Waals surface area contributed by atoms with Crippen molar-refractivity contribution in [1.29, 1.82) is 0 Å². The minimum absolute atomic E-state index is 0.0337. The van der Waals surface area contributed by atoms with Crippen LogP contribution in [0.1, 0.15) is 17.0 Å². The van der Waals surface area contributed by atoms with Crippen LogP contribution >= 0.6 is 11.8 Å². The summed E-state index contributed by atoms with van der Waals surface area (Å²) >= 11 is 1.42. The Morgan fingerprint density at radius 2 is 1.68 bits per heavy atom. The molecule has 4 aromatic rings. The zero-order valence-electron chi connectivity index (χ0n) is 21.8. The third kappa shape index (κ3) is 4.52. The van der Waals surface area contributed by atoms with Crippen molar-refractivity contribution >= 4 is 51.1 Å². The smallest absolute Gasteiger partial charge is 0.266 e. The van der Waals surface area contributed by atoms with E-state index in [-0.39, 0.29) is 5.91 Å². The van der Waals surface area contributed by atoms with Gasteiger partial charge in [-0.2, -0.15) is 0 Å². The number of aryl methyl sites for hydroxylation is 1. The number of hydrogen-bond acceptors (Lipinski definition) is 5. The maximum atomic E-state index is 13.1. The Hall–Kier alpha value is -3.81. The lowest BCUT2D eigenvalue weighted by Gasteiger charge is -2.28. The lowest BCUT2D eigenvalue weighted by Crippen LogP contribution is -2.36. The van der Waals surface area contributed by atoms with Crippen LogP contribution in [0.3, 0.4) is 0 Å². The zero-order valence-corrected chi connectivity index (χ0v) is 22.7. The van der Waals surface area contributed by atoms with Gasteiger partial charge in [0.1, 0.15) is 0 Å². The van der Waals surface area contributed by atoms with Gasteiger partial charge in [0.2, 0.25) is 0 Å². The summed E-state index contributed by atoms with van der Waals surface area (Å²) in [4.78, 5) is 22.6. The summed E-state index contributed by atoms with van der Waals surface area (Å²) in [6.07, 6.45) is 2.00. The molecule has 2 fully saturated rings. The zero-order chi connectivity index (χ0) is 26.2. The van der Waals surface area contributed by atoms with Gasteiger partial charge in [0.15, 0.2) is 5.17 Å². The average molecular weight is 523 g/mol. The number of morpholine rings is 1. The highest BCUT2D eigenvalue weighted by molar-refractivity contribution is 8.18. The molecule has 0 atom stereocenters. The Morgan fingerprint density at radius 3 is 2.47 bits per heavy atom. The van der Waals surface area contributed by atoms with Crippen LogP contribution < -0.4 is 4.90 Å². The summed E-state index contributed by atoms with van der Waals surface area (Å²) in [5, 5.41) is 3.10. The number of aromatic nitrogens is 1. The molecular formula is C31H30N4O2S. The van der Waals surface area contributed by atoms with Crippen LogP contribution in [0.2, 0.25) is 0 Å². The minimum Gasteiger partial charge on any atom is -0.378 e. The molecule has 0 unspecified atom stereocenters. The molecule has 3 aromatic carbocycles. The summed E-state index contributed by atoms with van der Waals surface area (Å²) in [6, 6.07) is 25.2. The summed E-state index contributed by atoms with van der Waals surface area (Å²) < 4.78 is 7.72. The number of anilines is 1. The summed E-state index contributed by atoms with van der Waals surface area (Å²) in [6.45, 7) is 7.53. The van der Waals surface area contributed by atoms with Gasteiger partial charge in [0, 0.05) is 42.6 Å². The quantitative estimate of drug-likeness (QED) is 0.295. The van der Waals surface area contributed by atoms with Gasteiger partial charge in [0.05, 0.1) is 29.5 Å². The number of benzene rings is 3. The van der Waals surface area contributed by atoms with Gasteiger partial charge in [-0.3, -0.25) is 9.69 Å². The number of hydrogen-bond donors (Lipinski definition) is 0. The third-order valence-electron chi connectivity index (χ3n) is 7.22. The van der Waals surface area contributed by atoms with Crippen LogP contribution in [0.15, 0.2) is 82.7 Å². The van der Waals surface area contributed by atoms with Crippen LogP contribution in [-0.4, -0.2) is 53.9 Å². The van der Waals surface area contributed by atoms with Crippen LogP contribution in [0, 0.1) is 13.8 Å². The summed E-state index contributed by atoms with van der Waals surface area (Å²) in [5.74, 6) is -0.0337. The molecule has 1 aromatic heterocycles. The normalized spacial score (nSPS) is 18.3. The second kappa shape index (κ2) is 10.2. The lowest BCUT2D eigenvalue weighted by atomic mass is 10.1. The first-order chi connectivity index (χ1) is 18.5. The number of thioether (sulfide) groups is 1. The predicted molar refractivity (Wildman–Crippen MR) is 158 cm³/mol. The van der Waals surface area contributed by atoms with Gasteiger partial charge in [-0.25, -0.2) is 4.99 Å². The van der Waals surface area contributed by atoms with Crippen molar-refractivity contribution in [2.24, 2.45) is 4.99 Å². The van der Waals surface area contributed by atoms with Gasteiger partial charge in [-0.15, -0.1) is 0 Å². The number of ether oxygens (including phenoxy) is 1. The fourth-order valence-electron chi connectivity index (χ4n) is 5.17. The van der Waals surface area contributed by atoms with Gasteiger partial charge < -0.3 is 14.2 Å². The second-order valence-electron chi connectivity index (χ2n) is 9.65. The number of nitrogens with zero attached hydrogens (tertiary/aromatic N) is 4. The van der Waals surface area contributed by atoms with Crippen molar-refractivity contribution in [2.45, 2.75) is 13.8 Å². The fraction of sp³-hybridized carbons (Fsp3) is 0.226. The molecule has 0 aliphatic carbocycles. The molecular weight excluding hydrogens is 492 g/mol. The lowest BCUT2D eigenvalue weighted by molar-refractivity contribution is -0.121. The SMILES string of the molecule is Cc1cc(/C=C2\SC(=Nc3ccc(N4CCOCC4)cc3)N(C)C2=O)c(C)n1-c1cccc2ccccc12. The Bertz CT molecular complexity index is 1570. The first-order valence-corrected chi connectivity index (χ1v) is 13.7. The monoisotopic (exact) mass is 522 g/mol. The molecule has 0 spiro atoms. The topological polar surface area (TPSA) is 50.1 Å². The standard InChI is InChI=1S/C31H30N4O2S/c1-21-19-24(22(2)35(21)28-10-6-8-23-7-4-5-9-27(23)28)20-29-30(36)33(3)31(38-29)32-25-11-13-26(14-12-25)34-15-17-37-18-16-34/h4-14,19-20H,15-18H2,1-3H3/b29-20-,32-31?. The second-order valence-corrected chi connectivity index (χ2v) is 10.7. The summed E-state index contributed by atoms with van der Waals surface area (Å²) in [7, 11) is 1.79. The van der Waals surface area contributed by atoms with E-state index >= 15 is 0 Å². The molecule has 3 heterocycles. The van der Waals surface area contributed by atoms with E-state index in [1.54, 1.807) is 11.9 Å². The summed E-state index contributed by atoms with van der Waals surface area (Å²) in [5.41, 5.74) is 6.42. The Kier molecular flexibility index (Phi) is 6.55. The van der Waals surface area contributed by atoms with Crippen LogP contribution in [0.25, 0.3) is 22.5 Å². The average Bonchev–Trinajstić information content (AvgIpc) is 3.38. The number of fused-ring (bicyclic) bond motifs is 1. The van der Waals surface area contributed by atoms with E-state index in [1.165, 1.54) is 28.2 Å². The van der Waals surface area contributed by atoms with Gasteiger partial charge >= 0.3 is 0 Å². The molecule has 192 valence electrons. The molecule has 0 N–H and O–H groups in total. The van der Waals surface area contributed by atoms with E-state index in [0.29, 0.717) is 10.1 Å². The molecule has 2 aliphatic rings. The van der Waals surface area contributed by atoms with Gasteiger partial charge in [-0.1, -0.05) is 36.4 Å². The van der Waals surface area contributed by atoms with Crippen molar-refractivity contribution in [3.8, 4) is 5.69 Å². The number of carbonyl (C=O) groups is 1. The Balaban J connectivity index is 1.28. The number of amides is 1. The molecule has 1 amide bonds. The maximum absolute atomic E-state index is 13.1. The van der Waals surface area contributed by atoms with Crippen molar-refractivity contribution in [2.75, 3.05) is 38.3 Å². The maximum Gasteiger partial charge on any atom is 0.266 e. The first kappa shape index (κ1) is 24.5. The molecule has 0 radical (unpaired) electrons. The highest BCUT2D eigenvalue weighted by Crippen LogP contribution is 2.35. The van der Waals surface area contributed by atoms with Crippen LogP contribution in [0.5, 0.6) is 0 Å². The Labute approximate surface area is 227 Å². The predicted octanol–water partition coefficient (Wildman–Crippen LogP) is 6.32. The highest BCUT2D eigenvalue weighted by Gasteiger charge is 2.31. The van der Waals surface area contributed by atoms with Crippen molar-refractivity contribution < 1.29 is 9.53 Å². The van der Waals surface area contributed by atoms with Crippen molar-refractivity contribution in [3.63, 3.8) is 0 Å². The molecule has 2 aliphatic heterocycles. The number of likely N-dealkylation sites (N-methyl/N-ethyl adjacent to an activating group) is 1. The molecule has 6 nitrogen and oxygen atoms in total. The van der Waals surface area contributed by atoms with Crippen LogP contribution in [-0.2, 0) is 9.53 Å². The minimum atomic E-state index is -0.0337.